The topological polar surface area (TPSA) is 78.7 Å². The summed E-state index contributed by atoms with van der Waals surface area (Å²) >= 11 is 1.48. The van der Waals surface area contributed by atoms with Gasteiger partial charge in [0, 0.05) is 37.5 Å². The monoisotopic (exact) mass is 374 g/mol. The van der Waals surface area contributed by atoms with Gasteiger partial charge < -0.3 is 9.32 Å². The first-order chi connectivity index (χ1) is 12.7. The Bertz CT molecular complexity index is 780. The van der Waals surface area contributed by atoms with E-state index in [0.29, 0.717) is 18.2 Å². The Morgan fingerprint density at radius 2 is 2.08 bits per heavy atom. The van der Waals surface area contributed by atoms with Gasteiger partial charge in [0.2, 0.25) is 5.91 Å². The van der Waals surface area contributed by atoms with E-state index in [0.717, 1.165) is 49.5 Å². The van der Waals surface area contributed by atoms with E-state index < -0.39 is 0 Å². The van der Waals surface area contributed by atoms with Crippen LogP contribution in [0.2, 0.25) is 0 Å². The maximum absolute atomic E-state index is 12.5. The molecule has 4 heterocycles. The Labute approximate surface area is 156 Å². The van der Waals surface area contributed by atoms with Gasteiger partial charge in [-0.1, -0.05) is 0 Å². The lowest BCUT2D eigenvalue weighted by Crippen LogP contribution is -2.43. The average molecular weight is 374 g/mol. The van der Waals surface area contributed by atoms with Gasteiger partial charge in [0.05, 0.1) is 18.5 Å². The second kappa shape index (κ2) is 7.59. The molecule has 2 aromatic heterocycles. The van der Waals surface area contributed by atoms with Crippen LogP contribution >= 0.6 is 11.3 Å². The lowest BCUT2D eigenvalue weighted by atomic mass is 10.1. The molecular weight excluding hydrogens is 352 g/mol. The highest BCUT2D eigenvalue weighted by Crippen LogP contribution is 2.28. The molecule has 0 radical (unpaired) electrons. The molecule has 2 aliphatic rings. The Morgan fingerprint density at radius 3 is 2.85 bits per heavy atom. The lowest BCUT2D eigenvalue weighted by Gasteiger charge is -2.31. The second-order valence-corrected chi connectivity index (χ2v) is 7.81. The number of aromatic nitrogens is 1. The number of fused-ring (bicyclic) bond motifs is 1. The molecule has 0 saturated carbocycles. The summed E-state index contributed by atoms with van der Waals surface area (Å²) in [5.41, 5.74) is 1.02. The highest BCUT2D eigenvalue weighted by Gasteiger charge is 2.25. The first-order valence-corrected chi connectivity index (χ1v) is 9.84. The van der Waals surface area contributed by atoms with Gasteiger partial charge in [0.1, 0.15) is 0 Å². The average Bonchev–Trinajstić information content (AvgIpc) is 3.31. The minimum atomic E-state index is -0.293. The van der Waals surface area contributed by atoms with Crippen molar-refractivity contribution in [2.24, 2.45) is 0 Å². The van der Waals surface area contributed by atoms with Crippen LogP contribution in [0.3, 0.4) is 0 Å². The first-order valence-electron chi connectivity index (χ1n) is 9.02. The lowest BCUT2D eigenvalue weighted by molar-refractivity contribution is -0.133. The molecule has 1 saturated heterocycles. The molecule has 0 unspecified atom stereocenters. The molecule has 0 atom stereocenters. The fourth-order valence-corrected chi connectivity index (χ4v) is 4.48. The van der Waals surface area contributed by atoms with E-state index in [2.05, 4.69) is 15.2 Å². The fraction of sp³-hybridized carbons (Fsp3) is 0.500. The summed E-state index contributed by atoms with van der Waals surface area (Å²) in [6.45, 7) is 3.78. The smallest absolute Gasteiger partial charge is 0.293 e. The van der Waals surface area contributed by atoms with Crippen LogP contribution in [0.25, 0.3) is 0 Å². The highest BCUT2D eigenvalue weighted by molar-refractivity contribution is 7.15. The maximum atomic E-state index is 12.5. The summed E-state index contributed by atoms with van der Waals surface area (Å²) < 4.78 is 5.10. The quantitative estimate of drug-likeness (QED) is 0.889. The number of furan rings is 1. The number of likely N-dealkylation sites (tertiary alicyclic amines) is 1. The van der Waals surface area contributed by atoms with E-state index in [-0.39, 0.29) is 17.6 Å². The van der Waals surface area contributed by atoms with Crippen LogP contribution < -0.4 is 5.32 Å². The summed E-state index contributed by atoms with van der Waals surface area (Å²) in [4.78, 5) is 34.4. The molecule has 138 valence electrons. The van der Waals surface area contributed by atoms with Gasteiger partial charge in [0.25, 0.3) is 5.91 Å². The van der Waals surface area contributed by atoms with Crippen LogP contribution in [0.4, 0.5) is 5.13 Å². The van der Waals surface area contributed by atoms with E-state index in [1.807, 2.05) is 4.90 Å². The summed E-state index contributed by atoms with van der Waals surface area (Å²) in [5, 5.41) is 3.37. The zero-order valence-electron chi connectivity index (χ0n) is 14.6. The van der Waals surface area contributed by atoms with Crippen molar-refractivity contribution in [2.45, 2.75) is 32.2 Å². The van der Waals surface area contributed by atoms with Gasteiger partial charge in [-0.25, -0.2) is 4.98 Å². The van der Waals surface area contributed by atoms with Crippen LogP contribution in [0, 0.1) is 0 Å². The van der Waals surface area contributed by atoms with Crippen LogP contribution in [0.15, 0.2) is 22.8 Å². The SMILES string of the molecule is O=C(Nc1nc2c(s1)CN(CC(=O)N1CCCCC1)CC2)c1ccco1. The summed E-state index contributed by atoms with van der Waals surface area (Å²) in [6.07, 6.45) is 5.73. The third kappa shape index (κ3) is 3.81. The molecule has 0 aromatic carbocycles. The second-order valence-electron chi connectivity index (χ2n) is 6.72. The van der Waals surface area contributed by atoms with Gasteiger partial charge in [-0.2, -0.15) is 0 Å². The number of thiazole rings is 1. The first kappa shape index (κ1) is 17.2. The standard InChI is InChI=1S/C18H22N4O3S/c23-16(22-7-2-1-3-8-22)12-21-9-6-13-15(11-21)26-18(19-13)20-17(24)14-5-4-10-25-14/h4-5,10H,1-3,6-9,11-12H2,(H,19,20,24). The Kier molecular flexibility index (Phi) is 5.03. The molecule has 0 spiro atoms. The van der Waals surface area contributed by atoms with Crippen molar-refractivity contribution in [3.63, 3.8) is 0 Å². The van der Waals surface area contributed by atoms with Crippen molar-refractivity contribution in [1.82, 2.24) is 14.8 Å². The van der Waals surface area contributed by atoms with Crippen molar-refractivity contribution in [1.29, 1.82) is 0 Å². The molecule has 2 amide bonds. The van der Waals surface area contributed by atoms with Crippen LogP contribution in [0.5, 0.6) is 0 Å². The van der Waals surface area contributed by atoms with Crippen LogP contribution in [-0.2, 0) is 17.8 Å². The Hall–Kier alpha value is -2.19. The van der Waals surface area contributed by atoms with Gasteiger partial charge >= 0.3 is 0 Å². The molecule has 2 aliphatic heterocycles. The minimum absolute atomic E-state index is 0.226. The third-order valence-electron chi connectivity index (χ3n) is 4.84. The van der Waals surface area contributed by atoms with E-state index in [1.165, 1.54) is 24.0 Å². The Morgan fingerprint density at radius 1 is 1.23 bits per heavy atom. The molecule has 0 bridgehead atoms. The molecule has 26 heavy (non-hydrogen) atoms. The number of amides is 2. The fourth-order valence-electron chi connectivity index (χ4n) is 3.44. The van der Waals surface area contributed by atoms with Gasteiger partial charge in [-0.15, -0.1) is 11.3 Å². The van der Waals surface area contributed by atoms with Crippen molar-refractivity contribution >= 4 is 28.3 Å². The number of rotatable bonds is 4. The van der Waals surface area contributed by atoms with Crippen molar-refractivity contribution in [3.8, 4) is 0 Å². The van der Waals surface area contributed by atoms with Gasteiger partial charge in [-0.05, 0) is 31.4 Å². The van der Waals surface area contributed by atoms with Crippen molar-refractivity contribution in [2.75, 3.05) is 31.5 Å². The molecular formula is C18H22N4O3S. The van der Waals surface area contributed by atoms with E-state index in [4.69, 9.17) is 4.42 Å². The molecule has 1 fully saturated rings. The summed E-state index contributed by atoms with van der Waals surface area (Å²) in [6, 6.07) is 3.30. The number of nitrogens with zero attached hydrogens (tertiary/aromatic N) is 3. The maximum Gasteiger partial charge on any atom is 0.293 e. The predicted octanol–water partition coefficient (Wildman–Crippen LogP) is 2.36. The van der Waals surface area contributed by atoms with Gasteiger partial charge in [0.15, 0.2) is 10.9 Å². The molecule has 0 aliphatic carbocycles. The van der Waals surface area contributed by atoms with E-state index in [1.54, 1.807) is 12.1 Å². The number of anilines is 1. The normalized spacial score (nSPS) is 17.8. The van der Waals surface area contributed by atoms with Crippen LogP contribution in [0.1, 0.15) is 40.4 Å². The summed E-state index contributed by atoms with van der Waals surface area (Å²) in [7, 11) is 0. The third-order valence-corrected chi connectivity index (χ3v) is 5.84. The van der Waals surface area contributed by atoms with E-state index >= 15 is 0 Å². The zero-order valence-corrected chi connectivity index (χ0v) is 15.4. The van der Waals surface area contributed by atoms with Crippen molar-refractivity contribution < 1.29 is 14.0 Å². The minimum Gasteiger partial charge on any atom is -0.459 e. The zero-order chi connectivity index (χ0) is 17.9. The molecule has 1 N–H and O–H groups in total. The van der Waals surface area contributed by atoms with E-state index in [9.17, 15) is 9.59 Å². The van der Waals surface area contributed by atoms with Crippen molar-refractivity contribution in [3.05, 3.63) is 34.7 Å². The van der Waals surface area contributed by atoms with Crippen LogP contribution in [-0.4, -0.2) is 52.8 Å². The Balaban J connectivity index is 1.35. The largest absolute Gasteiger partial charge is 0.459 e. The number of carbonyl (C=O) groups excluding carboxylic acids is 2. The number of hydrogen-bond donors (Lipinski definition) is 1. The number of piperidine rings is 1. The number of nitrogens with one attached hydrogen (secondary N) is 1. The summed E-state index contributed by atoms with van der Waals surface area (Å²) in [5.74, 6) is 0.203. The molecule has 4 rings (SSSR count). The highest BCUT2D eigenvalue weighted by atomic mass is 32.1. The molecule has 2 aromatic rings. The van der Waals surface area contributed by atoms with Gasteiger partial charge in [-0.3, -0.25) is 19.8 Å². The number of hydrogen-bond acceptors (Lipinski definition) is 6. The number of carbonyl (C=O) groups is 2. The molecule has 8 heteroatoms. The predicted molar refractivity (Wildman–Crippen MR) is 98.2 cm³/mol. The molecule has 7 nitrogen and oxygen atoms in total.